The van der Waals surface area contributed by atoms with E-state index >= 15 is 0 Å². The average Bonchev–Trinajstić information content (AvgIpc) is 2.69. The number of benzene rings is 1. The minimum absolute atomic E-state index is 0.0379. The summed E-state index contributed by atoms with van der Waals surface area (Å²) in [5, 5.41) is 2.90. The van der Waals surface area contributed by atoms with Crippen molar-refractivity contribution in [2.75, 3.05) is 20.2 Å². The van der Waals surface area contributed by atoms with E-state index in [1.165, 1.54) is 12.3 Å². The summed E-state index contributed by atoms with van der Waals surface area (Å²) in [6, 6.07) is 10.0. The lowest BCUT2D eigenvalue weighted by Crippen LogP contribution is -2.47. The summed E-state index contributed by atoms with van der Waals surface area (Å²) in [7, 11) is 1.59. The van der Waals surface area contributed by atoms with Gasteiger partial charge in [0.1, 0.15) is 5.75 Å². The second-order valence-corrected chi connectivity index (χ2v) is 6.48. The van der Waals surface area contributed by atoms with E-state index in [1.54, 1.807) is 12.0 Å². The van der Waals surface area contributed by atoms with Gasteiger partial charge in [0.05, 0.1) is 13.5 Å². The molecule has 1 saturated heterocycles. The van der Waals surface area contributed by atoms with Crippen LogP contribution in [0.15, 0.2) is 42.6 Å². The summed E-state index contributed by atoms with van der Waals surface area (Å²) in [4.78, 5) is 30.0. The Hall–Kier alpha value is -2.96. The van der Waals surface area contributed by atoms with Gasteiger partial charge in [0.25, 0.3) is 5.91 Å². The molecule has 6 nitrogen and oxygen atoms in total. The predicted molar refractivity (Wildman–Crippen MR) is 98.0 cm³/mol. The highest BCUT2D eigenvalue weighted by Crippen LogP contribution is 2.20. The maximum atomic E-state index is 13.1. The van der Waals surface area contributed by atoms with Crippen LogP contribution in [0.3, 0.4) is 0 Å². The maximum absolute atomic E-state index is 13.1. The highest BCUT2D eigenvalue weighted by Gasteiger charge is 2.24. The first-order valence-electron chi connectivity index (χ1n) is 8.89. The summed E-state index contributed by atoms with van der Waals surface area (Å²) < 4.78 is 18.4. The molecule has 3 rings (SSSR count). The Balaban J connectivity index is 1.51. The molecular formula is C20H22FN3O3. The molecule has 0 unspecified atom stereocenters. The monoisotopic (exact) mass is 371 g/mol. The van der Waals surface area contributed by atoms with Gasteiger partial charge in [-0.15, -0.1) is 0 Å². The van der Waals surface area contributed by atoms with Gasteiger partial charge in [-0.2, -0.15) is 4.39 Å². The van der Waals surface area contributed by atoms with Crippen molar-refractivity contribution in [2.24, 2.45) is 0 Å². The number of methoxy groups -OCH3 is 1. The second kappa shape index (κ2) is 8.62. The van der Waals surface area contributed by atoms with Crippen LogP contribution in [0.4, 0.5) is 4.39 Å². The number of amides is 2. The van der Waals surface area contributed by atoms with Crippen molar-refractivity contribution in [1.29, 1.82) is 0 Å². The minimum Gasteiger partial charge on any atom is -0.496 e. The quantitative estimate of drug-likeness (QED) is 0.818. The Morgan fingerprint density at radius 2 is 2.00 bits per heavy atom. The molecule has 2 amide bonds. The first-order chi connectivity index (χ1) is 13.1. The number of halogens is 1. The van der Waals surface area contributed by atoms with Crippen LogP contribution in [0.1, 0.15) is 28.8 Å². The van der Waals surface area contributed by atoms with Crippen molar-refractivity contribution < 1.29 is 18.7 Å². The Morgan fingerprint density at radius 3 is 2.70 bits per heavy atom. The number of nitrogens with zero attached hydrogens (tertiary/aromatic N) is 2. The Morgan fingerprint density at radius 1 is 1.26 bits per heavy atom. The molecule has 0 aliphatic carbocycles. The zero-order chi connectivity index (χ0) is 19.2. The number of nitrogens with one attached hydrogen (secondary N) is 1. The lowest BCUT2D eigenvalue weighted by atomic mass is 10.0. The van der Waals surface area contributed by atoms with Crippen LogP contribution < -0.4 is 10.1 Å². The molecule has 0 spiro atoms. The number of hydrogen-bond acceptors (Lipinski definition) is 4. The number of para-hydroxylation sites is 1. The Bertz CT molecular complexity index is 820. The van der Waals surface area contributed by atoms with E-state index in [2.05, 4.69) is 10.3 Å². The molecular weight excluding hydrogens is 349 g/mol. The first-order valence-corrected chi connectivity index (χ1v) is 8.89. The van der Waals surface area contributed by atoms with Crippen LogP contribution in [-0.4, -0.2) is 47.9 Å². The first kappa shape index (κ1) is 18.8. The fraction of sp³-hybridized carbons (Fsp3) is 0.350. The van der Waals surface area contributed by atoms with Gasteiger partial charge in [0.15, 0.2) is 0 Å². The van der Waals surface area contributed by atoms with Crippen LogP contribution in [-0.2, 0) is 11.2 Å². The Labute approximate surface area is 157 Å². The zero-order valence-corrected chi connectivity index (χ0v) is 15.2. The summed E-state index contributed by atoms with van der Waals surface area (Å²) in [5.41, 5.74) is 1.11. The average molecular weight is 371 g/mol. The van der Waals surface area contributed by atoms with Gasteiger partial charge >= 0.3 is 0 Å². The molecule has 0 atom stereocenters. The number of hydrogen-bond donors (Lipinski definition) is 1. The van der Waals surface area contributed by atoms with Crippen molar-refractivity contribution in [2.45, 2.75) is 25.3 Å². The molecule has 1 aromatic heterocycles. The highest BCUT2D eigenvalue weighted by atomic mass is 19.1. The van der Waals surface area contributed by atoms with Gasteiger partial charge in [-0.05, 0) is 25.0 Å². The maximum Gasteiger partial charge on any atom is 0.251 e. The van der Waals surface area contributed by atoms with Crippen molar-refractivity contribution >= 4 is 11.8 Å². The number of carbonyl (C=O) groups is 2. The van der Waals surface area contributed by atoms with E-state index in [0.29, 0.717) is 31.7 Å². The number of rotatable bonds is 5. The molecule has 2 heterocycles. The molecule has 1 fully saturated rings. The molecule has 1 aliphatic rings. The molecule has 1 N–H and O–H groups in total. The smallest absolute Gasteiger partial charge is 0.251 e. The largest absolute Gasteiger partial charge is 0.496 e. The predicted octanol–water partition coefficient (Wildman–Crippen LogP) is 2.19. The van der Waals surface area contributed by atoms with Crippen LogP contribution in [0.5, 0.6) is 5.75 Å². The van der Waals surface area contributed by atoms with E-state index in [9.17, 15) is 14.0 Å². The van der Waals surface area contributed by atoms with E-state index in [0.717, 1.165) is 11.6 Å². The molecule has 1 aliphatic heterocycles. The lowest BCUT2D eigenvalue weighted by molar-refractivity contribution is -0.131. The summed E-state index contributed by atoms with van der Waals surface area (Å²) in [6.45, 7) is 1.15. The van der Waals surface area contributed by atoms with Crippen LogP contribution in [0.25, 0.3) is 0 Å². The van der Waals surface area contributed by atoms with Crippen molar-refractivity contribution in [3.63, 3.8) is 0 Å². The molecule has 0 saturated carbocycles. The number of piperidine rings is 1. The van der Waals surface area contributed by atoms with Gasteiger partial charge in [0, 0.05) is 42.5 Å². The number of ether oxygens (including phenoxy) is 1. The number of pyridine rings is 1. The fourth-order valence-corrected chi connectivity index (χ4v) is 3.21. The van der Waals surface area contributed by atoms with Gasteiger partial charge in [-0.1, -0.05) is 18.2 Å². The highest BCUT2D eigenvalue weighted by molar-refractivity contribution is 5.94. The topological polar surface area (TPSA) is 71.5 Å². The summed E-state index contributed by atoms with van der Waals surface area (Å²) >= 11 is 0. The van der Waals surface area contributed by atoms with E-state index in [1.807, 2.05) is 24.3 Å². The minimum atomic E-state index is -0.681. The van der Waals surface area contributed by atoms with Crippen LogP contribution in [0.2, 0.25) is 0 Å². The third-order valence-electron chi connectivity index (χ3n) is 4.71. The third kappa shape index (κ3) is 4.81. The number of carbonyl (C=O) groups excluding carboxylic acids is 2. The summed E-state index contributed by atoms with van der Waals surface area (Å²) in [5.74, 6) is -0.257. The van der Waals surface area contributed by atoms with E-state index < -0.39 is 5.95 Å². The van der Waals surface area contributed by atoms with Gasteiger partial charge < -0.3 is 15.0 Å². The van der Waals surface area contributed by atoms with Gasteiger partial charge in [-0.25, -0.2) is 4.98 Å². The van der Waals surface area contributed by atoms with Crippen molar-refractivity contribution in [3.8, 4) is 5.75 Å². The number of likely N-dealkylation sites (tertiary alicyclic amines) is 1. The standard InChI is InChI=1S/C20H22FN3O3/c1-27-17-5-3-2-4-14(17)13-19(25)24-10-7-16(8-11-24)23-20(26)15-6-9-22-18(21)12-15/h2-6,9,12,16H,7-8,10-11,13H2,1H3,(H,23,26). The van der Waals surface area contributed by atoms with E-state index in [4.69, 9.17) is 4.74 Å². The van der Waals surface area contributed by atoms with E-state index in [-0.39, 0.29) is 29.8 Å². The SMILES string of the molecule is COc1ccccc1CC(=O)N1CCC(NC(=O)c2ccnc(F)c2)CC1. The van der Waals surface area contributed by atoms with Crippen LogP contribution in [0, 0.1) is 5.95 Å². The molecule has 2 aromatic rings. The molecule has 142 valence electrons. The molecule has 0 bridgehead atoms. The molecule has 27 heavy (non-hydrogen) atoms. The molecule has 7 heteroatoms. The van der Waals surface area contributed by atoms with Gasteiger partial charge in [0.2, 0.25) is 11.9 Å². The molecule has 1 aromatic carbocycles. The fourth-order valence-electron chi connectivity index (χ4n) is 3.21. The third-order valence-corrected chi connectivity index (χ3v) is 4.71. The van der Waals surface area contributed by atoms with Crippen molar-refractivity contribution in [3.05, 3.63) is 59.7 Å². The Kier molecular flexibility index (Phi) is 6.01. The molecule has 0 radical (unpaired) electrons. The zero-order valence-electron chi connectivity index (χ0n) is 15.2. The normalized spacial score (nSPS) is 14.7. The second-order valence-electron chi connectivity index (χ2n) is 6.48. The number of aromatic nitrogens is 1. The van der Waals surface area contributed by atoms with Gasteiger partial charge in [-0.3, -0.25) is 9.59 Å². The van der Waals surface area contributed by atoms with Crippen molar-refractivity contribution in [1.82, 2.24) is 15.2 Å². The summed E-state index contributed by atoms with van der Waals surface area (Å²) in [6.07, 6.45) is 2.88. The lowest BCUT2D eigenvalue weighted by Gasteiger charge is -2.32. The van der Waals surface area contributed by atoms with Crippen LogP contribution >= 0.6 is 0 Å².